The number of nitrogens with one attached hydrogen (secondary N) is 1. The van der Waals surface area contributed by atoms with Crippen LogP contribution in [0.2, 0.25) is 0 Å². The second-order valence-corrected chi connectivity index (χ2v) is 8.55. The van der Waals surface area contributed by atoms with E-state index in [2.05, 4.69) is 9.97 Å². The highest BCUT2D eigenvalue weighted by atomic mass is 32.1. The van der Waals surface area contributed by atoms with Gasteiger partial charge in [0.15, 0.2) is 0 Å². The first-order valence-corrected chi connectivity index (χ1v) is 10.8. The Morgan fingerprint density at radius 3 is 2.93 bits per heavy atom. The number of H-pyrrole nitrogens is 1. The number of fused-ring (bicyclic) bond motifs is 1. The topological polar surface area (TPSA) is 61.9 Å². The maximum Gasteiger partial charge on any atom is 0.273 e. The minimum Gasteiger partial charge on any atom is -0.342 e. The monoisotopic (exact) mass is 394 g/mol. The van der Waals surface area contributed by atoms with Crippen molar-refractivity contribution >= 4 is 39.6 Å². The Kier molecular flexibility index (Phi) is 4.26. The van der Waals surface area contributed by atoms with E-state index in [-0.39, 0.29) is 11.8 Å². The summed E-state index contributed by atoms with van der Waals surface area (Å²) < 4.78 is 0. The molecule has 4 heterocycles. The summed E-state index contributed by atoms with van der Waals surface area (Å²) in [6.07, 6.45) is 2.02. The zero-order valence-corrected chi connectivity index (χ0v) is 16.2. The number of thiazole rings is 1. The van der Waals surface area contributed by atoms with Crippen molar-refractivity contribution in [2.45, 2.75) is 18.8 Å². The molecule has 0 radical (unpaired) electrons. The number of carbonyl (C=O) groups is 1. The van der Waals surface area contributed by atoms with Crippen molar-refractivity contribution in [1.82, 2.24) is 19.9 Å². The molecule has 5 rings (SSSR count). The standard InChI is InChI=1S/C20H18N4OS2/c25-20(16-12-27-19(23-16)17-8-4-10-26-17)24-9-3-5-13(11-24)18-21-14-6-1-2-7-15(14)22-18/h1-2,4,6-8,10,12-13H,3,5,9,11H2,(H,21,22)/t13-/m1/s1. The summed E-state index contributed by atoms with van der Waals surface area (Å²) >= 11 is 3.18. The van der Waals surface area contributed by atoms with E-state index in [0.717, 1.165) is 46.1 Å². The Hall–Kier alpha value is -2.51. The Bertz CT molecular complexity index is 1050. The summed E-state index contributed by atoms with van der Waals surface area (Å²) in [5, 5.41) is 4.82. The number of aromatic nitrogens is 3. The molecule has 1 aromatic carbocycles. The minimum absolute atomic E-state index is 0.0230. The number of hydrogen-bond donors (Lipinski definition) is 1. The van der Waals surface area contributed by atoms with Crippen molar-refractivity contribution in [2.75, 3.05) is 13.1 Å². The molecule has 0 spiro atoms. The summed E-state index contributed by atoms with van der Waals surface area (Å²) in [5.74, 6) is 1.24. The van der Waals surface area contributed by atoms with Crippen molar-refractivity contribution in [3.8, 4) is 9.88 Å². The smallest absolute Gasteiger partial charge is 0.273 e. The van der Waals surface area contributed by atoms with Gasteiger partial charge in [-0.15, -0.1) is 22.7 Å². The molecule has 7 heteroatoms. The number of para-hydroxylation sites is 2. The Labute approximate surface area is 164 Å². The highest BCUT2D eigenvalue weighted by Gasteiger charge is 2.28. The quantitative estimate of drug-likeness (QED) is 0.544. The molecule has 0 saturated carbocycles. The van der Waals surface area contributed by atoms with E-state index in [9.17, 15) is 4.79 Å². The third kappa shape index (κ3) is 3.17. The largest absolute Gasteiger partial charge is 0.342 e. The molecular weight excluding hydrogens is 376 g/mol. The molecule has 27 heavy (non-hydrogen) atoms. The first-order chi connectivity index (χ1) is 13.3. The molecule has 136 valence electrons. The van der Waals surface area contributed by atoms with Crippen LogP contribution in [0.5, 0.6) is 0 Å². The highest BCUT2D eigenvalue weighted by Crippen LogP contribution is 2.30. The number of amides is 1. The first kappa shape index (κ1) is 16.6. The maximum absolute atomic E-state index is 13.0. The van der Waals surface area contributed by atoms with Crippen LogP contribution in [0, 0.1) is 0 Å². The van der Waals surface area contributed by atoms with E-state index in [0.29, 0.717) is 12.2 Å². The molecule has 1 aliphatic rings. The van der Waals surface area contributed by atoms with Gasteiger partial charge < -0.3 is 9.88 Å². The van der Waals surface area contributed by atoms with E-state index in [1.54, 1.807) is 11.3 Å². The van der Waals surface area contributed by atoms with E-state index in [1.165, 1.54) is 11.3 Å². The van der Waals surface area contributed by atoms with Crippen LogP contribution in [0.1, 0.15) is 35.1 Å². The Morgan fingerprint density at radius 1 is 1.15 bits per heavy atom. The predicted octanol–water partition coefficient (Wildman–Crippen LogP) is 4.77. The second kappa shape index (κ2) is 6.90. The number of imidazole rings is 1. The summed E-state index contributed by atoms with van der Waals surface area (Å²) in [5.41, 5.74) is 2.58. The number of thiophene rings is 1. The fourth-order valence-corrected chi connectivity index (χ4v) is 5.21. The van der Waals surface area contributed by atoms with E-state index >= 15 is 0 Å². The van der Waals surface area contributed by atoms with Crippen LogP contribution in [-0.2, 0) is 0 Å². The molecule has 1 aliphatic heterocycles. The van der Waals surface area contributed by atoms with Crippen LogP contribution in [0.25, 0.3) is 20.9 Å². The van der Waals surface area contributed by atoms with E-state index in [4.69, 9.17) is 4.98 Å². The molecule has 5 nitrogen and oxygen atoms in total. The molecule has 1 amide bonds. The molecule has 3 aromatic heterocycles. The Balaban J connectivity index is 1.35. The number of nitrogens with zero attached hydrogens (tertiary/aromatic N) is 3. The summed E-state index contributed by atoms with van der Waals surface area (Å²) in [4.78, 5) is 28.7. The average molecular weight is 395 g/mol. The van der Waals surface area contributed by atoms with Crippen LogP contribution in [0.3, 0.4) is 0 Å². The normalized spacial score (nSPS) is 17.5. The van der Waals surface area contributed by atoms with Gasteiger partial charge in [0, 0.05) is 24.4 Å². The van der Waals surface area contributed by atoms with Crippen LogP contribution in [0.15, 0.2) is 47.2 Å². The summed E-state index contributed by atoms with van der Waals surface area (Å²) in [7, 11) is 0. The fourth-order valence-electron chi connectivity index (χ4n) is 3.60. The predicted molar refractivity (Wildman–Crippen MR) is 109 cm³/mol. The van der Waals surface area contributed by atoms with Crippen molar-refractivity contribution in [1.29, 1.82) is 0 Å². The van der Waals surface area contributed by atoms with Gasteiger partial charge in [0.25, 0.3) is 5.91 Å². The zero-order chi connectivity index (χ0) is 18.2. The van der Waals surface area contributed by atoms with Crippen LogP contribution in [0.4, 0.5) is 0 Å². The number of likely N-dealkylation sites (tertiary alicyclic amines) is 1. The number of piperidine rings is 1. The van der Waals surface area contributed by atoms with Gasteiger partial charge in [0.2, 0.25) is 0 Å². The van der Waals surface area contributed by atoms with Crippen LogP contribution >= 0.6 is 22.7 Å². The lowest BCUT2D eigenvalue weighted by atomic mass is 9.97. The van der Waals surface area contributed by atoms with Crippen molar-refractivity contribution in [3.05, 3.63) is 58.7 Å². The second-order valence-electron chi connectivity index (χ2n) is 6.74. The first-order valence-electron chi connectivity index (χ1n) is 9.01. The van der Waals surface area contributed by atoms with E-state index < -0.39 is 0 Å². The maximum atomic E-state index is 13.0. The lowest BCUT2D eigenvalue weighted by Crippen LogP contribution is -2.39. The van der Waals surface area contributed by atoms with E-state index in [1.807, 2.05) is 52.1 Å². The SMILES string of the molecule is O=C(c1csc(-c2cccs2)n1)N1CCC[C@@H](c2nc3ccccc3[nH]2)C1. The van der Waals surface area contributed by atoms with Gasteiger partial charge in [-0.1, -0.05) is 18.2 Å². The van der Waals surface area contributed by atoms with Gasteiger partial charge >= 0.3 is 0 Å². The average Bonchev–Trinajstić information content (AvgIpc) is 3.47. The van der Waals surface area contributed by atoms with Gasteiger partial charge in [0.1, 0.15) is 16.5 Å². The molecule has 0 unspecified atom stereocenters. The third-order valence-electron chi connectivity index (χ3n) is 4.96. The third-order valence-corrected chi connectivity index (χ3v) is 6.84. The molecular formula is C20H18N4OS2. The number of benzene rings is 1. The molecule has 1 N–H and O–H groups in total. The summed E-state index contributed by atoms with van der Waals surface area (Å²) in [6.45, 7) is 1.46. The van der Waals surface area contributed by atoms with Crippen LogP contribution < -0.4 is 0 Å². The van der Waals surface area contributed by atoms with Gasteiger partial charge in [-0.25, -0.2) is 9.97 Å². The molecule has 4 aromatic rings. The van der Waals surface area contributed by atoms with Crippen LogP contribution in [-0.4, -0.2) is 38.8 Å². The molecule has 0 aliphatic carbocycles. The van der Waals surface area contributed by atoms with Gasteiger partial charge in [-0.3, -0.25) is 4.79 Å². The zero-order valence-electron chi connectivity index (χ0n) is 14.6. The number of aromatic amines is 1. The molecule has 1 fully saturated rings. The molecule has 0 bridgehead atoms. The minimum atomic E-state index is 0.0230. The number of hydrogen-bond acceptors (Lipinski definition) is 5. The highest BCUT2D eigenvalue weighted by molar-refractivity contribution is 7.20. The fraction of sp³-hybridized carbons (Fsp3) is 0.250. The van der Waals surface area contributed by atoms with Gasteiger partial charge in [-0.2, -0.15) is 0 Å². The lowest BCUT2D eigenvalue weighted by molar-refractivity contribution is 0.0700. The van der Waals surface area contributed by atoms with Crippen molar-refractivity contribution in [2.24, 2.45) is 0 Å². The number of rotatable bonds is 3. The lowest BCUT2D eigenvalue weighted by Gasteiger charge is -2.31. The molecule has 1 atom stereocenters. The van der Waals surface area contributed by atoms with Gasteiger partial charge in [-0.05, 0) is 36.4 Å². The van der Waals surface area contributed by atoms with Gasteiger partial charge in [0.05, 0.1) is 15.9 Å². The number of carbonyl (C=O) groups excluding carboxylic acids is 1. The summed E-state index contributed by atoms with van der Waals surface area (Å²) in [6, 6.07) is 12.1. The van der Waals surface area contributed by atoms with Crippen molar-refractivity contribution < 1.29 is 4.79 Å². The Morgan fingerprint density at radius 2 is 2.07 bits per heavy atom. The van der Waals surface area contributed by atoms with Crippen molar-refractivity contribution in [3.63, 3.8) is 0 Å². The molecule has 1 saturated heterocycles.